The number of carbonyl (C=O) groups is 1. The molecule has 0 unspecified atom stereocenters. The third-order valence-electron chi connectivity index (χ3n) is 2.35. The molecule has 0 spiro atoms. The van der Waals surface area contributed by atoms with Gasteiger partial charge in [0.2, 0.25) is 0 Å². The minimum atomic E-state index is -0.361. The van der Waals surface area contributed by atoms with Crippen molar-refractivity contribution in [1.82, 2.24) is 14.8 Å². The molecule has 0 fully saturated rings. The lowest BCUT2D eigenvalue weighted by Crippen LogP contribution is -2.19. The van der Waals surface area contributed by atoms with Crippen molar-refractivity contribution in [2.24, 2.45) is 0 Å². The van der Waals surface area contributed by atoms with Crippen molar-refractivity contribution in [3.05, 3.63) is 23.5 Å². The summed E-state index contributed by atoms with van der Waals surface area (Å²) in [6.45, 7) is 2.41. The summed E-state index contributed by atoms with van der Waals surface area (Å²) in [4.78, 5) is 15.9. The molecular formula is C11H15N5O2S. The first kappa shape index (κ1) is 13.5. The van der Waals surface area contributed by atoms with Crippen LogP contribution in [0.1, 0.15) is 12.6 Å². The standard InChI is InChI=1S/C11H15N5O2S/c1-2-8-7-19-11(14-8)15-10(18)13-9-5-12-16(6-9)3-4-17/h5-7,17H,2-4H2,1H3,(H2,13,14,15,18). The number of urea groups is 1. The van der Waals surface area contributed by atoms with Crippen LogP contribution in [0.25, 0.3) is 0 Å². The minimum absolute atomic E-state index is 0.00618. The highest BCUT2D eigenvalue weighted by Gasteiger charge is 2.07. The molecule has 2 heterocycles. The van der Waals surface area contributed by atoms with Gasteiger partial charge in [-0.15, -0.1) is 11.3 Å². The van der Waals surface area contributed by atoms with Crippen molar-refractivity contribution in [3.63, 3.8) is 0 Å². The normalized spacial score (nSPS) is 10.4. The minimum Gasteiger partial charge on any atom is -0.394 e. The maximum absolute atomic E-state index is 11.7. The number of aliphatic hydroxyl groups is 1. The van der Waals surface area contributed by atoms with Crippen LogP contribution in [0.2, 0.25) is 0 Å². The van der Waals surface area contributed by atoms with E-state index in [9.17, 15) is 4.79 Å². The van der Waals surface area contributed by atoms with E-state index in [4.69, 9.17) is 5.11 Å². The number of aryl methyl sites for hydroxylation is 1. The quantitative estimate of drug-likeness (QED) is 0.775. The van der Waals surface area contributed by atoms with E-state index in [1.165, 1.54) is 17.5 Å². The highest BCUT2D eigenvalue weighted by atomic mass is 32.1. The summed E-state index contributed by atoms with van der Waals surface area (Å²) in [5.41, 5.74) is 1.52. The predicted octanol–water partition coefficient (Wildman–Crippen LogP) is 1.54. The number of nitrogens with one attached hydrogen (secondary N) is 2. The van der Waals surface area contributed by atoms with Crippen LogP contribution in [0.5, 0.6) is 0 Å². The van der Waals surface area contributed by atoms with Crippen LogP contribution in [-0.4, -0.2) is 32.5 Å². The molecular weight excluding hydrogens is 266 g/mol. The molecule has 0 aliphatic rings. The summed E-state index contributed by atoms with van der Waals surface area (Å²) < 4.78 is 1.55. The largest absolute Gasteiger partial charge is 0.394 e. The van der Waals surface area contributed by atoms with Crippen molar-refractivity contribution in [2.75, 3.05) is 17.2 Å². The van der Waals surface area contributed by atoms with Gasteiger partial charge in [-0.05, 0) is 6.42 Å². The Hall–Kier alpha value is -1.93. The van der Waals surface area contributed by atoms with Crippen LogP contribution in [0.3, 0.4) is 0 Å². The van der Waals surface area contributed by atoms with Gasteiger partial charge >= 0.3 is 6.03 Å². The zero-order valence-corrected chi connectivity index (χ0v) is 11.3. The monoisotopic (exact) mass is 281 g/mol. The van der Waals surface area contributed by atoms with Crippen LogP contribution in [-0.2, 0) is 13.0 Å². The van der Waals surface area contributed by atoms with Crippen molar-refractivity contribution in [3.8, 4) is 0 Å². The van der Waals surface area contributed by atoms with E-state index in [0.29, 0.717) is 17.4 Å². The Balaban J connectivity index is 1.89. The molecule has 0 atom stereocenters. The molecule has 0 aliphatic heterocycles. The molecule has 0 radical (unpaired) electrons. The summed E-state index contributed by atoms with van der Waals surface area (Å²) in [5.74, 6) is 0. The maximum Gasteiger partial charge on any atom is 0.325 e. The van der Waals surface area contributed by atoms with Crippen molar-refractivity contribution in [1.29, 1.82) is 0 Å². The molecule has 2 rings (SSSR count). The van der Waals surface area contributed by atoms with Crippen LogP contribution in [0.4, 0.5) is 15.6 Å². The van der Waals surface area contributed by atoms with Gasteiger partial charge in [-0.1, -0.05) is 6.92 Å². The van der Waals surface area contributed by atoms with E-state index in [1.54, 1.807) is 10.9 Å². The zero-order valence-electron chi connectivity index (χ0n) is 10.5. The van der Waals surface area contributed by atoms with E-state index >= 15 is 0 Å². The Morgan fingerprint density at radius 2 is 2.37 bits per heavy atom. The molecule has 2 aromatic rings. The van der Waals surface area contributed by atoms with Gasteiger partial charge in [0.05, 0.1) is 30.7 Å². The second kappa shape index (κ2) is 6.30. The molecule has 102 valence electrons. The summed E-state index contributed by atoms with van der Waals surface area (Å²) in [6, 6.07) is -0.361. The van der Waals surface area contributed by atoms with Gasteiger partial charge in [0.15, 0.2) is 5.13 Å². The molecule has 0 saturated carbocycles. The summed E-state index contributed by atoms with van der Waals surface area (Å²) >= 11 is 1.39. The number of aromatic nitrogens is 3. The fraction of sp³-hybridized carbons (Fsp3) is 0.364. The first-order valence-corrected chi connectivity index (χ1v) is 6.75. The van der Waals surface area contributed by atoms with Gasteiger partial charge in [0, 0.05) is 11.6 Å². The van der Waals surface area contributed by atoms with E-state index in [0.717, 1.165) is 12.1 Å². The topological polar surface area (TPSA) is 92.1 Å². The zero-order chi connectivity index (χ0) is 13.7. The lowest BCUT2D eigenvalue weighted by molar-refractivity contribution is 0.262. The molecule has 0 aromatic carbocycles. The molecule has 0 bridgehead atoms. The number of nitrogens with zero attached hydrogens (tertiary/aromatic N) is 3. The van der Waals surface area contributed by atoms with E-state index in [-0.39, 0.29) is 12.6 Å². The van der Waals surface area contributed by atoms with Crippen molar-refractivity contribution < 1.29 is 9.90 Å². The SMILES string of the molecule is CCc1csc(NC(=O)Nc2cnn(CCO)c2)n1. The average molecular weight is 281 g/mol. The highest BCUT2D eigenvalue weighted by molar-refractivity contribution is 7.13. The molecule has 2 aromatic heterocycles. The van der Waals surface area contributed by atoms with E-state index in [2.05, 4.69) is 20.7 Å². The molecule has 19 heavy (non-hydrogen) atoms. The number of aliphatic hydroxyl groups excluding tert-OH is 1. The summed E-state index contributed by atoms with van der Waals surface area (Å²) in [7, 11) is 0. The fourth-order valence-electron chi connectivity index (χ4n) is 1.44. The van der Waals surface area contributed by atoms with Crippen LogP contribution in [0, 0.1) is 0 Å². The number of anilines is 2. The van der Waals surface area contributed by atoms with Gasteiger partial charge in [-0.3, -0.25) is 10.00 Å². The molecule has 7 nitrogen and oxygen atoms in total. The summed E-state index contributed by atoms with van der Waals surface area (Å²) in [6.07, 6.45) is 4.01. The van der Waals surface area contributed by atoms with E-state index < -0.39 is 0 Å². The number of amides is 2. The number of thiazole rings is 1. The number of hydrogen-bond donors (Lipinski definition) is 3. The van der Waals surface area contributed by atoms with Crippen LogP contribution >= 0.6 is 11.3 Å². The van der Waals surface area contributed by atoms with Gasteiger partial charge in [0.1, 0.15) is 0 Å². The van der Waals surface area contributed by atoms with Gasteiger partial charge in [0.25, 0.3) is 0 Å². The third kappa shape index (κ3) is 3.76. The fourth-order valence-corrected chi connectivity index (χ4v) is 2.23. The number of rotatable bonds is 5. The second-order valence-corrected chi connectivity index (χ2v) is 4.65. The second-order valence-electron chi connectivity index (χ2n) is 3.79. The molecule has 0 aliphatic carbocycles. The van der Waals surface area contributed by atoms with E-state index in [1.807, 2.05) is 12.3 Å². The molecule has 0 saturated heterocycles. The van der Waals surface area contributed by atoms with Crippen molar-refractivity contribution >= 4 is 28.2 Å². The Morgan fingerprint density at radius 3 is 3.05 bits per heavy atom. The predicted molar refractivity (Wildman–Crippen MR) is 73.4 cm³/mol. The molecule has 2 amide bonds. The third-order valence-corrected chi connectivity index (χ3v) is 3.16. The Bertz CT molecular complexity index is 551. The Morgan fingerprint density at radius 1 is 1.53 bits per heavy atom. The first-order valence-electron chi connectivity index (χ1n) is 5.87. The molecule has 3 N–H and O–H groups in total. The lowest BCUT2D eigenvalue weighted by Gasteiger charge is -2.02. The van der Waals surface area contributed by atoms with Crippen molar-refractivity contribution in [2.45, 2.75) is 19.9 Å². The number of hydrogen-bond acceptors (Lipinski definition) is 5. The van der Waals surface area contributed by atoms with Crippen LogP contribution in [0.15, 0.2) is 17.8 Å². The molecule has 8 heteroatoms. The first-order chi connectivity index (χ1) is 9.21. The maximum atomic E-state index is 11.7. The smallest absolute Gasteiger partial charge is 0.325 e. The Kier molecular flexibility index (Phi) is 4.48. The lowest BCUT2D eigenvalue weighted by atomic mass is 10.4. The van der Waals surface area contributed by atoms with Gasteiger partial charge in [-0.2, -0.15) is 5.10 Å². The van der Waals surface area contributed by atoms with Gasteiger partial charge < -0.3 is 10.4 Å². The number of carbonyl (C=O) groups excluding carboxylic acids is 1. The van der Waals surface area contributed by atoms with Crippen LogP contribution < -0.4 is 10.6 Å². The average Bonchev–Trinajstić information content (AvgIpc) is 2.99. The Labute approximate surface area is 114 Å². The highest BCUT2D eigenvalue weighted by Crippen LogP contribution is 2.16. The summed E-state index contributed by atoms with van der Waals surface area (Å²) in [5, 5.41) is 20.5. The van der Waals surface area contributed by atoms with Gasteiger partial charge in [-0.25, -0.2) is 9.78 Å².